The minimum absolute atomic E-state index is 0.105. The first-order chi connectivity index (χ1) is 23.1. The van der Waals surface area contributed by atoms with Gasteiger partial charge in [-0.15, -0.1) is 0 Å². The van der Waals surface area contributed by atoms with Gasteiger partial charge in [0.15, 0.2) is 28.6 Å². The molecule has 5 N–H and O–H groups in total. The van der Waals surface area contributed by atoms with E-state index in [0.29, 0.717) is 40.1 Å². The molecule has 4 aliphatic heterocycles. The average Bonchev–Trinajstić information content (AvgIpc) is 3.84. The van der Waals surface area contributed by atoms with Gasteiger partial charge in [-0.05, 0) is 51.5 Å². The summed E-state index contributed by atoms with van der Waals surface area (Å²) >= 11 is 17.6. The number of hydrogen-bond donors (Lipinski definition) is 4. The van der Waals surface area contributed by atoms with Gasteiger partial charge in [0.05, 0.1) is 16.1 Å². The van der Waals surface area contributed by atoms with E-state index in [1.807, 2.05) is 38.1 Å². The molecule has 0 radical (unpaired) electrons. The van der Waals surface area contributed by atoms with Crippen molar-refractivity contribution < 1.29 is 18.4 Å². The normalized spacial score (nSPS) is 22.9. The number of H-pyrrole nitrogens is 1. The Morgan fingerprint density at radius 2 is 1.85 bits per heavy atom. The highest BCUT2D eigenvalue weighted by molar-refractivity contribution is 9.10. The van der Waals surface area contributed by atoms with Crippen molar-refractivity contribution in [1.29, 1.82) is 0 Å². The van der Waals surface area contributed by atoms with Gasteiger partial charge in [-0.25, -0.2) is 4.98 Å². The lowest BCUT2D eigenvalue weighted by atomic mass is 9.72. The Hall–Kier alpha value is -4.29. The van der Waals surface area contributed by atoms with Crippen molar-refractivity contribution in [3.8, 4) is 39.8 Å². The fourth-order valence-corrected chi connectivity index (χ4v) is 9.01. The average molecular weight is 744 g/mol. The molecule has 3 aromatic heterocycles. The first-order valence-corrected chi connectivity index (χ1v) is 17.1. The number of ether oxygens (including phenoxy) is 1. The van der Waals surface area contributed by atoms with Gasteiger partial charge in [0.25, 0.3) is 5.89 Å². The first kappa shape index (κ1) is 28.7. The Morgan fingerprint density at radius 1 is 1.04 bits per heavy atom. The quantitative estimate of drug-likeness (QED) is 0.134. The van der Waals surface area contributed by atoms with Gasteiger partial charge in [-0.2, -0.15) is 4.98 Å². The predicted molar refractivity (Wildman–Crippen MR) is 184 cm³/mol. The SMILES string of the molecule is CC(C)C1NC(=O)C(N)Cc2cc(Br)c3c(c2)C24c5cccc(c5NC2O3)-c2cccc3[nH]c(Cl)c(c23)-c2oc(nc2Cl)-c2nc1oc24. The molecule has 240 valence electrons. The number of halogens is 3. The Bertz CT molecular complexity index is 2420. The third-order valence-electron chi connectivity index (χ3n) is 10.0. The Morgan fingerprint density at radius 3 is 2.69 bits per heavy atom. The fourth-order valence-electron chi connectivity index (χ4n) is 7.92. The molecule has 4 atom stereocenters. The number of aromatic amines is 1. The van der Waals surface area contributed by atoms with Crippen LogP contribution in [-0.2, 0) is 16.6 Å². The standard InChI is InChI=1S/C35H25BrCl2N6O4/c1-12(2)23-32-42-25-28(48-32)35-16-7-3-6-15(14-5-4-8-20-21(14)22(29(37)40-20)27-30(38)44-33(25)46-27)24(16)43-34(35)47-26-17(35)9-13(10-18(26)36)11-19(39)31(45)41-23/h3-10,12,19,23,34,40,43H,11,39H2,1-2H3,(H,41,45). The zero-order valence-corrected chi connectivity index (χ0v) is 28.5. The number of nitrogens with zero attached hydrogens (tertiary/aromatic N) is 2. The Balaban J connectivity index is 1.41. The van der Waals surface area contributed by atoms with Crippen LogP contribution in [0.25, 0.3) is 44.9 Å². The second kappa shape index (κ2) is 9.66. The number of hydrogen-bond acceptors (Lipinski definition) is 8. The lowest BCUT2D eigenvalue weighted by molar-refractivity contribution is -0.123. The lowest BCUT2D eigenvalue weighted by Gasteiger charge is -2.28. The van der Waals surface area contributed by atoms with Crippen molar-refractivity contribution in [2.24, 2.45) is 11.7 Å². The van der Waals surface area contributed by atoms with Crippen molar-refractivity contribution in [1.82, 2.24) is 20.3 Å². The van der Waals surface area contributed by atoms with E-state index in [1.54, 1.807) is 0 Å². The number of anilines is 1. The monoisotopic (exact) mass is 742 g/mol. The number of nitrogens with two attached hydrogens (primary N) is 1. The number of carbonyl (C=O) groups excluding carboxylic acids is 1. The highest BCUT2D eigenvalue weighted by Gasteiger charge is 2.62. The summed E-state index contributed by atoms with van der Waals surface area (Å²) in [6.07, 6.45) is -0.349. The number of nitrogens with one attached hydrogen (secondary N) is 3. The second-order valence-corrected chi connectivity index (χ2v) is 14.7. The third kappa shape index (κ3) is 3.54. The molecule has 4 unspecified atom stereocenters. The van der Waals surface area contributed by atoms with Crippen LogP contribution in [0.15, 0.2) is 61.8 Å². The van der Waals surface area contributed by atoms with Crippen LogP contribution in [-0.4, -0.2) is 33.1 Å². The van der Waals surface area contributed by atoms with Crippen molar-refractivity contribution >= 4 is 61.6 Å². The second-order valence-electron chi connectivity index (χ2n) is 13.1. The van der Waals surface area contributed by atoms with E-state index in [4.69, 9.17) is 52.5 Å². The first-order valence-electron chi connectivity index (χ1n) is 15.6. The number of aromatic nitrogens is 3. The molecule has 10 nitrogen and oxygen atoms in total. The smallest absolute Gasteiger partial charge is 0.250 e. The molecular weight excluding hydrogens is 719 g/mol. The molecule has 13 heteroatoms. The topological polar surface area (TPSA) is 144 Å². The summed E-state index contributed by atoms with van der Waals surface area (Å²) in [4.78, 5) is 26.6. The fraction of sp³-hybridized carbons (Fsp3) is 0.229. The largest absolute Gasteiger partial charge is 0.467 e. The zero-order valence-electron chi connectivity index (χ0n) is 25.4. The zero-order chi connectivity index (χ0) is 32.8. The van der Waals surface area contributed by atoms with Crippen LogP contribution in [0, 0.1) is 5.92 Å². The van der Waals surface area contributed by atoms with E-state index in [0.717, 1.165) is 48.9 Å². The van der Waals surface area contributed by atoms with Gasteiger partial charge < -0.3 is 34.9 Å². The number of para-hydroxylation sites is 1. The van der Waals surface area contributed by atoms with Crippen LogP contribution in [0.4, 0.5) is 5.69 Å². The molecule has 48 heavy (non-hydrogen) atoms. The van der Waals surface area contributed by atoms with E-state index >= 15 is 0 Å². The van der Waals surface area contributed by atoms with Gasteiger partial charge in [-0.1, -0.05) is 73.4 Å². The Kier molecular flexibility index (Phi) is 5.77. The molecule has 4 aliphatic rings. The number of carbonyl (C=O) groups is 1. The van der Waals surface area contributed by atoms with E-state index in [-0.39, 0.29) is 28.8 Å². The van der Waals surface area contributed by atoms with Crippen LogP contribution in [0.5, 0.6) is 5.75 Å². The van der Waals surface area contributed by atoms with Crippen molar-refractivity contribution in [3.63, 3.8) is 0 Å². The Labute approximate surface area is 291 Å². The molecule has 3 aromatic carbocycles. The number of rotatable bonds is 1. The van der Waals surface area contributed by atoms with Crippen LogP contribution in [0.3, 0.4) is 0 Å². The highest BCUT2D eigenvalue weighted by Crippen LogP contribution is 2.63. The summed E-state index contributed by atoms with van der Waals surface area (Å²) in [5, 5.41) is 8.17. The molecule has 0 aliphatic carbocycles. The molecule has 6 aromatic rings. The maximum absolute atomic E-state index is 13.5. The van der Waals surface area contributed by atoms with E-state index in [1.165, 1.54) is 0 Å². The van der Waals surface area contributed by atoms with Crippen LogP contribution in [0.1, 0.15) is 48.2 Å². The summed E-state index contributed by atoms with van der Waals surface area (Å²) in [7, 11) is 0. The van der Waals surface area contributed by atoms with Crippen molar-refractivity contribution in [2.75, 3.05) is 5.32 Å². The van der Waals surface area contributed by atoms with Gasteiger partial charge in [-0.3, -0.25) is 4.79 Å². The number of fused-ring (bicyclic) bond motifs is 7. The predicted octanol–water partition coefficient (Wildman–Crippen LogP) is 7.70. The van der Waals surface area contributed by atoms with E-state index < -0.39 is 23.7 Å². The molecular formula is C35H25BrCl2N6O4. The summed E-state index contributed by atoms with van der Waals surface area (Å²) in [5.74, 6) is 1.40. The number of oxazole rings is 2. The molecule has 1 spiro atoms. The van der Waals surface area contributed by atoms with Gasteiger partial charge >= 0.3 is 0 Å². The molecule has 0 fully saturated rings. The van der Waals surface area contributed by atoms with Gasteiger partial charge in [0.1, 0.15) is 22.4 Å². The highest BCUT2D eigenvalue weighted by atomic mass is 79.9. The molecule has 0 saturated carbocycles. The molecule has 10 rings (SSSR count). The van der Waals surface area contributed by atoms with Crippen LogP contribution in [0.2, 0.25) is 10.3 Å². The molecule has 10 bridgehead atoms. The van der Waals surface area contributed by atoms with E-state index in [9.17, 15) is 4.79 Å². The molecule has 0 saturated heterocycles. The van der Waals surface area contributed by atoms with Crippen LogP contribution < -0.4 is 21.1 Å². The van der Waals surface area contributed by atoms with Gasteiger partial charge in [0.2, 0.25) is 11.8 Å². The minimum atomic E-state index is -1.07. The number of amides is 1. The summed E-state index contributed by atoms with van der Waals surface area (Å²) < 4.78 is 21.1. The van der Waals surface area contributed by atoms with Crippen LogP contribution >= 0.6 is 39.1 Å². The summed E-state index contributed by atoms with van der Waals surface area (Å²) in [6, 6.07) is 14.8. The lowest BCUT2D eigenvalue weighted by Crippen LogP contribution is -2.45. The van der Waals surface area contributed by atoms with Crippen molar-refractivity contribution in [3.05, 3.63) is 91.7 Å². The minimum Gasteiger partial charge on any atom is -0.467 e. The van der Waals surface area contributed by atoms with Crippen molar-refractivity contribution in [2.45, 2.75) is 44.0 Å². The summed E-state index contributed by atoms with van der Waals surface area (Å²) in [6.45, 7) is 3.97. The summed E-state index contributed by atoms with van der Waals surface area (Å²) in [5.41, 5.74) is 12.5. The molecule has 1 amide bonds. The van der Waals surface area contributed by atoms with Gasteiger partial charge in [0, 0.05) is 33.3 Å². The van der Waals surface area contributed by atoms with E-state index in [2.05, 4.69) is 55.8 Å². The maximum Gasteiger partial charge on any atom is 0.250 e. The maximum atomic E-state index is 13.5. The number of benzene rings is 3. The third-order valence-corrected chi connectivity index (χ3v) is 11.2. The molecule has 7 heterocycles.